The minimum Gasteiger partial charge on any atom is -0.493 e. The van der Waals surface area contributed by atoms with Crippen molar-refractivity contribution in [2.75, 3.05) is 26.2 Å². The van der Waals surface area contributed by atoms with Gasteiger partial charge in [-0.3, -0.25) is 9.69 Å². The fourth-order valence-electron chi connectivity index (χ4n) is 3.54. The van der Waals surface area contributed by atoms with Crippen molar-refractivity contribution >= 4 is 32.6 Å². The standard InChI is InChI=1S/C24H24N2O5S/c1-5-15-8-6-10-20-21(15)25-24(32-20)26(14-17-9-7-11-31-17)23(27)16-12-18(28-2)22(30-4)19(13-16)29-3/h6-13H,5,14H2,1-4H3. The summed E-state index contributed by atoms with van der Waals surface area (Å²) in [4.78, 5) is 20.2. The lowest BCUT2D eigenvalue weighted by Crippen LogP contribution is -2.30. The Balaban J connectivity index is 1.82. The van der Waals surface area contributed by atoms with Crippen molar-refractivity contribution in [3.63, 3.8) is 0 Å². The van der Waals surface area contributed by atoms with Crippen LogP contribution in [0, 0.1) is 0 Å². The largest absolute Gasteiger partial charge is 0.493 e. The molecule has 0 bridgehead atoms. The van der Waals surface area contributed by atoms with Crippen LogP contribution in [0.1, 0.15) is 28.6 Å². The molecule has 0 atom stereocenters. The normalized spacial score (nSPS) is 10.9. The molecule has 0 radical (unpaired) electrons. The zero-order valence-corrected chi connectivity index (χ0v) is 19.2. The van der Waals surface area contributed by atoms with Crippen LogP contribution in [0.15, 0.2) is 53.1 Å². The molecular weight excluding hydrogens is 428 g/mol. The number of aromatic nitrogens is 1. The summed E-state index contributed by atoms with van der Waals surface area (Å²) in [6.07, 6.45) is 2.45. The minimum atomic E-state index is -0.252. The summed E-state index contributed by atoms with van der Waals surface area (Å²) in [7, 11) is 4.56. The Hall–Kier alpha value is -3.52. The highest BCUT2D eigenvalue weighted by Crippen LogP contribution is 2.39. The number of anilines is 1. The average molecular weight is 453 g/mol. The Labute approximate surface area is 190 Å². The van der Waals surface area contributed by atoms with Crippen LogP contribution in [-0.2, 0) is 13.0 Å². The van der Waals surface area contributed by atoms with Gasteiger partial charge < -0.3 is 18.6 Å². The summed E-state index contributed by atoms with van der Waals surface area (Å²) in [5, 5.41) is 0.594. The maximum Gasteiger partial charge on any atom is 0.260 e. The monoisotopic (exact) mass is 452 g/mol. The molecule has 0 N–H and O–H groups in total. The van der Waals surface area contributed by atoms with Gasteiger partial charge in [-0.25, -0.2) is 4.98 Å². The second-order valence-electron chi connectivity index (χ2n) is 7.00. The Morgan fingerprint density at radius 3 is 2.41 bits per heavy atom. The van der Waals surface area contributed by atoms with E-state index in [0.29, 0.717) is 33.7 Å². The number of hydrogen-bond acceptors (Lipinski definition) is 7. The quantitative estimate of drug-likeness (QED) is 0.360. The molecule has 0 unspecified atom stereocenters. The lowest BCUT2D eigenvalue weighted by molar-refractivity contribution is 0.0982. The number of carbonyl (C=O) groups excluding carboxylic acids is 1. The van der Waals surface area contributed by atoms with E-state index in [0.717, 1.165) is 22.2 Å². The van der Waals surface area contributed by atoms with Crippen LogP contribution in [0.25, 0.3) is 10.2 Å². The molecule has 0 fully saturated rings. The van der Waals surface area contributed by atoms with E-state index in [9.17, 15) is 4.79 Å². The molecule has 0 saturated heterocycles. The van der Waals surface area contributed by atoms with E-state index in [1.54, 1.807) is 29.4 Å². The summed E-state index contributed by atoms with van der Waals surface area (Å²) in [5.41, 5.74) is 2.45. The zero-order valence-electron chi connectivity index (χ0n) is 18.4. The zero-order chi connectivity index (χ0) is 22.7. The SMILES string of the molecule is CCc1cccc2sc(N(Cc3ccco3)C(=O)c3cc(OC)c(OC)c(OC)c3)nc12. The number of rotatable bonds is 8. The fraction of sp³-hybridized carbons (Fsp3) is 0.250. The van der Waals surface area contributed by atoms with Crippen LogP contribution >= 0.6 is 11.3 Å². The highest BCUT2D eigenvalue weighted by atomic mass is 32.1. The topological polar surface area (TPSA) is 74.0 Å². The lowest BCUT2D eigenvalue weighted by Gasteiger charge is -2.20. The first-order valence-electron chi connectivity index (χ1n) is 10.1. The maximum atomic E-state index is 13.7. The molecule has 1 amide bonds. The summed E-state index contributed by atoms with van der Waals surface area (Å²) in [6, 6.07) is 13.0. The predicted molar refractivity (Wildman–Crippen MR) is 124 cm³/mol. The van der Waals surface area contributed by atoms with E-state index in [1.165, 1.54) is 32.7 Å². The van der Waals surface area contributed by atoms with E-state index >= 15 is 0 Å². The average Bonchev–Trinajstić information content (AvgIpc) is 3.50. The van der Waals surface area contributed by atoms with Gasteiger partial charge in [-0.15, -0.1) is 0 Å². The summed E-state index contributed by atoms with van der Waals surface area (Å²) in [6.45, 7) is 2.33. The second kappa shape index (κ2) is 9.32. The first-order chi connectivity index (χ1) is 15.6. The van der Waals surface area contributed by atoms with E-state index in [4.69, 9.17) is 23.6 Å². The molecule has 2 aromatic heterocycles. The number of amides is 1. The van der Waals surface area contributed by atoms with Crippen molar-refractivity contribution in [1.29, 1.82) is 0 Å². The Kier molecular flexibility index (Phi) is 6.32. The molecule has 2 heterocycles. The smallest absolute Gasteiger partial charge is 0.260 e. The minimum absolute atomic E-state index is 0.240. The van der Waals surface area contributed by atoms with Crippen molar-refractivity contribution < 1.29 is 23.4 Å². The molecule has 0 aliphatic heterocycles. The van der Waals surface area contributed by atoms with Gasteiger partial charge in [-0.05, 0) is 42.3 Å². The van der Waals surface area contributed by atoms with Crippen molar-refractivity contribution in [2.24, 2.45) is 0 Å². The molecule has 0 saturated carbocycles. The first-order valence-corrected chi connectivity index (χ1v) is 10.9. The van der Waals surface area contributed by atoms with Crippen molar-refractivity contribution in [3.05, 3.63) is 65.6 Å². The Bertz CT molecular complexity index is 1210. The number of fused-ring (bicyclic) bond motifs is 1. The molecule has 4 rings (SSSR count). The van der Waals surface area contributed by atoms with E-state index in [2.05, 4.69) is 13.0 Å². The lowest BCUT2D eigenvalue weighted by atomic mass is 10.1. The van der Waals surface area contributed by atoms with E-state index in [1.807, 2.05) is 18.2 Å². The highest BCUT2D eigenvalue weighted by Gasteiger charge is 2.26. The van der Waals surface area contributed by atoms with Gasteiger partial charge in [0.15, 0.2) is 16.6 Å². The number of benzene rings is 2. The molecular formula is C24H24N2O5S. The highest BCUT2D eigenvalue weighted by molar-refractivity contribution is 7.22. The molecule has 7 nitrogen and oxygen atoms in total. The van der Waals surface area contributed by atoms with Gasteiger partial charge >= 0.3 is 0 Å². The number of carbonyl (C=O) groups is 1. The molecule has 0 aliphatic rings. The van der Waals surface area contributed by atoms with Gasteiger partial charge in [0.1, 0.15) is 5.76 Å². The van der Waals surface area contributed by atoms with Crippen LogP contribution in [0.2, 0.25) is 0 Å². The molecule has 2 aromatic carbocycles. The number of nitrogens with zero attached hydrogens (tertiary/aromatic N) is 2. The number of aryl methyl sites for hydroxylation is 1. The van der Waals surface area contributed by atoms with Crippen molar-refractivity contribution in [1.82, 2.24) is 4.98 Å². The second-order valence-corrected chi connectivity index (χ2v) is 8.01. The Morgan fingerprint density at radius 2 is 1.81 bits per heavy atom. The third kappa shape index (κ3) is 4.01. The maximum absolute atomic E-state index is 13.7. The van der Waals surface area contributed by atoms with E-state index in [-0.39, 0.29) is 12.5 Å². The van der Waals surface area contributed by atoms with Gasteiger partial charge in [0.05, 0.1) is 44.4 Å². The van der Waals surface area contributed by atoms with Gasteiger partial charge in [-0.1, -0.05) is 30.4 Å². The number of para-hydroxylation sites is 1. The molecule has 4 aromatic rings. The first kappa shape index (κ1) is 21.7. The summed E-state index contributed by atoms with van der Waals surface area (Å²) < 4.78 is 22.8. The number of hydrogen-bond donors (Lipinski definition) is 0. The molecule has 0 spiro atoms. The van der Waals surface area contributed by atoms with Gasteiger partial charge in [-0.2, -0.15) is 0 Å². The van der Waals surface area contributed by atoms with Crippen LogP contribution in [-0.4, -0.2) is 32.2 Å². The van der Waals surface area contributed by atoms with Gasteiger partial charge in [0.25, 0.3) is 5.91 Å². The predicted octanol–water partition coefficient (Wildman–Crippen LogP) is 5.32. The van der Waals surface area contributed by atoms with Crippen LogP contribution < -0.4 is 19.1 Å². The number of thiazole rings is 1. The number of ether oxygens (including phenoxy) is 3. The number of furan rings is 1. The molecule has 0 aliphatic carbocycles. The summed E-state index contributed by atoms with van der Waals surface area (Å²) >= 11 is 1.47. The van der Waals surface area contributed by atoms with Crippen LogP contribution in [0.4, 0.5) is 5.13 Å². The van der Waals surface area contributed by atoms with Gasteiger partial charge in [0.2, 0.25) is 5.75 Å². The fourth-order valence-corrected chi connectivity index (χ4v) is 4.55. The molecule has 32 heavy (non-hydrogen) atoms. The Morgan fingerprint density at radius 1 is 1.06 bits per heavy atom. The van der Waals surface area contributed by atoms with Crippen molar-refractivity contribution in [3.8, 4) is 17.2 Å². The number of methoxy groups -OCH3 is 3. The van der Waals surface area contributed by atoms with Crippen LogP contribution in [0.5, 0.6) is 17.2 Å². The molecule has 8 heteroatoms. The van der Waals surface area contributed by atoms with E-state index < -0.39 is 0 Å². The molecule has 166 valence electrons. The van der Waals surface area contributed by atoms with Crippen LogP contribution in [0.3, 0.4) is 0 Å². The van der Waals surface area contributed by atoms with Crippen molar-refractivity contribution in [2.45, 2.75) is 19.9 Å². The third-order valence-corrected chi connectivity index (χ3v) is 6.20. The summed E-state index contributed by atoms with van der Waals surface area (Å²) in [5.74, 6) is 1.65. The third-order valence-electron chi connectivity index (χ3n) is 5.15. The van der Waals surface area contributed by atoms with Gasteiger partial charge in [0, 0.05) is 5.56 Å².